The molecule has 0 aliphatic heterocycles. The van der Waals surface area contributed by atoms with Gasteiger partial charge in [0.05, 0.1) is 11.0 Å². The van der Waals surface area contributed by atoms with Gasteiger partial charge >= 0.3 is 0 Å². The zero-order valence-corrected chi connectivity index (χ0v) is 17.9. The van der Waals surface area contributed by atoms with Gasteiger partial charge in [0.1, 0.15) is 11.2 Å². The van der Waals surface area contributed by atoms with Crippen LogP contribution in [0, 0.1) is 0 Å². The summed E-state index contributed by atoms with van der Waals surface area (Å²) < 4.78 is 3.64. The molecule has 0 N–H and O–H groups in total. The van der Waals surface area contributed by atoms with E-state index < -0.39 is 0 Å². The van der Waals surface area contributed by atoms with Crippen LogP contribution in [0.4, 0.5) is 0 Å². The standard InChI is InChI=1S/C28H17N3S/c1-2-6-18(7-3-1)19-10-12-20(13-11-19)31-24-9-5-4-8-22(24)26-25(31)15-14-21-23-16-29-17-30-28(23)32-27(21)26/h1-17H. The number of hydrogen-bond acceptors (Lipinski definition) is 3. The first-order valence-corrected chi connectivity index (χ1v) is 11.4. The summed E-state index contributed by atoms with van der Waals surface area (Å²) in [6, 6.07) is 32.5. The molecule has 0 amide bonds. The minimum absolute atomic E-state index is 1.03. The van der Waals surface area contributed by atoms with Crippen molar-refractivity contribution in [2.45, 2.75) is 0 Å². The molecule has 0 bridgehead atoms. The van der Waals surface area contributed by atoms with Crippen LogP contribution < -0.4 is 0 Å². The number of nitrogens with zero attached hydrogens (tertiary/aromatic N) is 3. The summed E-state index contributed by atoms with van der Waals surface area (Å²) in [4.78, 5) is 9.80. The SMILES string of the molecule is c1ccc(-c2ccc(-n3c4ccccc4c4c5sc6ncncc6c5ccc43)cc2)cc1. The molecule has 0 radical (unpaired) electrons. The maximum absolute atomic E-state index is 4.51. The average Bonchev–Trinajstić information content (AvgIpc) is 3.40. The quantitative estimate of drug-likeness (QED) is 0.284. The average molecular weight is 428 g/mol. The van der Waals surface area contributed by atoms with Gasteiger partial charge in [0.15, 0.2) is 0 Å². The van der Waals surface area contributed by atoms with Gasteiger partial charge in [-0.1, -0.05) is 66.7 Å². The molecule has 0 unspecified atom stereocenters. The van der Waals surface area contributed by atoms with E-state index in [1.54, 1.807) is 17.7 Å². The van der Waals surface area contributed by atoms with Crippen molar-refractivity contribution in [2.75, 3.05) is 0 Å². The molecule has 4 aromatic carbocycles. The van der Waals surface area contributed by atoms with Gasteiger partial charge in [-0.15, -0.1) is 11.3 Å². The first kappa shape index (κ1) is 17.6. The second-order valence-corrected chi connectivity index (χ2v) is 8.94. The van der Waals surface area contributed by atoms with E-state index >= 15 is 0 Å². The highest BCUT2D eigenvalue weighted by Gasteiger charge is 2.17. The number of fused-ring (bicyclic) bond motifs is 7. The normalized spacial score (nSPS) is 11.8. The van der Waals surface area contributed by atoms with Crippen LogP contribution in [0.2, 0.25) is 0 Å². The Kier molecular flexibility index (Phi) is 3.72. The fourth-order valence-corrected chi connectivity index (χ4v) is 5.91. The fraction of sp³-hybridized carbons (Fsp3) is 0. The number of benzene rings is 4. The maximum Gasteiger partial charge on any atom is 0.127 e. The Morgan fingerprint density at radius 3 is 2.28 bits per heavy atom. The van der Waals surface area contributed by atoms with Crippen LogP contribution in [-0.2, 0) is 0 Å². The summed E-state index contributed by atoms with van der Waals surface area (Å²) in [5.41, 5.74) is 6.04. The molecule has 32 heavy (non-hydrogen) atoms. The predicted molar refractivity (Wildman–Crippen MR) is 135 cm³/mol. The molecule has 0 spiro atoms. The second kappa shape index (κ2) is 6.74. The van der Waals surface area contributed by atoms with Crippen molar-refractivity contribution < 1.29 is 0 Å². The minimum Gasteiger partial charge on any atom is -0.309 e. The van der Waals surface area contributed by atoms with E-state index in [1.807, 2.05) is 6.20 Å². The van der Waals surface area contributed by atoms with Gasteiger partial charge in [0.2, 0.25) is 0 Å². The highest BCUT2D eigenvalue weighted by atomic mass is 32.1. The minimum atomic E-state index is 1.03. The molecule has 150 valence electrons. The fourth-order valence-electron chi connectivity index (χ4n) is 4.74. The van der Waals surface area contributed by atoms with Crippen molar-refractivity contribution in [1.82, 2.24) is 14.5 Å². The van der Waals surface area contributed by atoms with Gasteiger partial charge in [-0.3, -0.25) is 0 Å². The van der Waals surface area contributed by atoms with Crippen LogP contribution in [0.3, 0.4) is 0 Å². The largest absolute Gasteiger partial charge is 0.309 e. The van der Waals surface area contributed by atoms with Gasteiger partial charge in [0.25, 0.3) is 0 Å². The zero-order chi connectivity index (χ0) is 21.1. The molecule has 3 nitrogen and oxygen atoms in total. The summed E-state index contributed by atoms with van der Waals surface area (Å²) in [6.07, 6.45) is 3.56. The van der Waals surface area contributed by atoms with E-state index in [9.17, 15) is 0 Å². The molecule has 7 aromatic rings. The molecular formula is C28H17N3S. The summed E-state index contributed by atoms with van der Waals surface area (Å²) in [5.74, 6) is 0. The highest BCUT2D eigenvalue weighted by Crippen LogP contribution is 2.42. The van der Waals surface area contributed by atoms with Gasteiger partial charge in [0, 0.05) is 38.1 Å². The van der Waals surface area contributed by atoms with Crippen LogP contribution in [-0.4, -0.2) is 14.5 Å². The van der Waals surface area contributed by atoms with Gasteiger partial charge < -0.3 is 4.57 Å². The first-order chi connectivity index (χ1) is 15.9. The molecule has 4 heteroatoms. The van der Waals surface area contributed by atoms with E-state index in [4.69, 9.17) is 0 Å². The smallest absolute Gasteiger partial charge is 0.127 e. The van der Waals surface area contributed by atoms with Crippen molar-refractivity contribution in [3.8, 4) is 16.8 Å². The lowest BCUT2D eigenvalue weighted by Gasteiger charge is -2.09. The Balaban J connectivity index is 1.53. The lowest BCUT2D eigenvalue weighted by atomic mass is 10.1. The number of para-hydroxylation sites is 1. The molecule has 0 aliphatic carbocycles. The van der Waals surface area contributed by atoms with E-state index in [2.05, 4.69) is 106 Å². The van der Waals surface area contributed by atoms with E-state index in [0.29, 0.717) is 0 Å². The maximum atomic E-state index is 4.51. The van der Waals surface area contributed by atoms with Gasteiger partial charge in [-0.25, -0.2) is 9.97 Å². The summed E-state index contributed by atoms with van der Waals surface area (Å²) in [6.45, 7) is 0. The zero-order valence-electron chi connectivity index (χ0n) is 17.1. The number of hydrogen-bond donors (Lipinski definition) is 0. The van der Waals surface area contributed by atoms with Crippen LogP contribution in [0.25, 0.3) is 58.9 Å². The third-order valence-corrected chi connectivity index (χ3v) is 7.33. The number of aromatic nitrogens is 3. The van der Waals surface area contributed by atoms with Crippen molar-refractivity contribution in [3.05, 3.63) is 104 Å². The summed E-state index contributed by atoms with van der Waals surface area (Å²) >= 11 is 1.75. The third kappa shape index (κ3) is 2.47. The van der Waals surface area contributed by atoms with Crippen molar-refractivity contribution >= 4 is 53.4 Å². The van der Waals surface area contributed by atoms with Crippen LogP contribution in [0.15, 0.2) is 104 Å². The predicted octanol–water partition coefficient (Wildman–Crippen LogP) is 7.61. The Morgan fingerprint density at radius 2 is 1.41 bits per heavy atom. The Hall–Kier alpha value is -4.02. The molecule has 7 rings (SSSR count). The lowest BCUT2D eigenvalue weighted by Crippen LogP contribution is -1.93. The molecule has 0 aliphatic rings. The van der Waals surface area contributed by atoms with E-state index in [-0.39, 0.29) is 0 Å². The molecule has 3 aromatic heterocycles. The van der Waals surface area contributed by atoms with E-state index in [0.717, 1.165) is 15.9 Å². The molecule has 0 saturated carbocycles. The monoisotopic (exact) mass is 427 g/mol. The lowest BCUT2D eigenvalue weighted by molar-refractivity contribution is 1.18. The van der Waals surface area contributed by atoms with Crippen molar-refractivity contribution in [2.24, 2.45) is 0 Å². The summed E-state index contributed by atoms with van der Waals surface area (Å²) in [7, 11) is 0. The van der Waals surface area contributed by atoms with Crippen LogP contribution in [0.1, 0.15) is 0 Å². The highest BCUT2D eigenvalue weighted by molar-refractivity contribution is 7.26. The Bertz CT molecular complexity index is 1760. The van der Waals surface area contributed by atoms with Crippen molar-refractivity contribution in [3.63, 3.8) is 0 Å². The Morgan fingerprint density at radius 1 is 0.625 bits per heavy atom. The molecular weight excluding hydrogens is 410 g/mol. The van der Waals surface area contributed by atoms with Crippen molar-refractivity contribution in [1.29, 1.82) is 0 Å². The third-order valence-electron chi connectivity index (χ3n) is 6.19. The number of thiophene rings is 1. The first-order valence-electron chi connectivity index (χ1n) is 10.6. The summed E-state index contributed by atoms with van der Waals surface area (Å²) in [5, 5.41) is 4.90. The Labute approximate surface area is 188 Å². The molecule has 3 heterocycles. The second-order valence-electron chi connectivity index (χ2n) is 7.95. The van der Waals surface area contributed by atoms with Crippen LogP contribution in [0.5, 0.6) is 0 Å². The van der Waals surface area contributed by atoms with Gasteiger partial charge in [-0.05, 0) is 35.4 Å². The topological polar surface area (TPSA) is 30.7 Å². The molecule has 0 saturated heterocycles. The van der Waals surface area contributed by atoms with Crippen LogP contribution >= 0.6 is 11.3 Å². The van der Waals surface area contributed by atoms with E-state index in [1.165, 1.54) is 43.0 Å². The molecule has 0 fully saturated rings. The number of rotatable bonds is 2. The molecule has 0 atom stereocenters. The van der Waals surface area contributed by atoms with Gasteiger partial charge in [-0.2, -0.15) is 0 Å².